The van der Waals surface area contributed by atoms with Crippen LogP contribution in [0.4, 0.5) is 0 Å². The first-order valence-electron chi connectivity index (χ1n) is 3.62. The lowest BCUT2D eigenvalue weighted by Crippen LogP contribution is -2.08. The van der Waals surface area contributed by atoms with Gasteiger partial charge in [-0.2, -0.15) is 0 Å². The normalized spacial score (nSPS) is 10.0. The maximum atomic E-state index is 5.12. The molecule has 0 aromatic rings. The van der Waals surface area contributed by atoms with Gasteiger partial charge in [0.25, 0.3) is 0 Å². The molecule has 0 spiro atoms. The fraction of sp³-hybridized carbons (Fsp3) is 1.00. The molecule has 55 valence electrons. The summed E-state index contributed by atoms with van der Waals surface area (Å²) in [5, 5.41) is 4.16. The van der Waals surface area contributed by atoms with Gasteiger partial charge >= 0.3 is 0 Å². The minimum Gasteiger partial charge on any atom is -0.382 e. The summed E-state index contributed by atoms with van der Waals surface area (Å²) in [7, 11) is 0. The Hall–Kier alpha value is -0.0800. The predicted octanol–water partition coefficient (Wildman–Crippen LogP) is 1.04. The molecule has 1 radical (unpaired) electrons. The standard InChI is InChI=1S/C7H16NO/c1-3-8-6-5-7-9-4-2/h3-7H2,1-2H3. The molecule has 0 heterocycles. The zero-order valence-electron chi connectivity index (χ0n) is 6.39. The molecule has 0 bridgehead atoms. The summed E-state index contributed by atoms with van der Waals surface area (Å²) in [5.41, 5.74) is 0. The van der Waals surface area contributed by atoms with Gasteiger partial charge in [0.2, 0.25) is 0 Å². The molecule has 0 atom stereocenters. The van der Waals surface area contributed by atoms with Crippen molar-refractivity contribution in [2.24, 2.45) is 0 Å². The predicted molar refractivity (Wildman–Crippen MR) is 38.7 cm³/mol. The molecule has 0 aliphatic heterocycles. The fourth-order valence-electron chi connectivity index (χ4n) is 0.581. The first kappa shape index (κ1) is 8.92. The van der Waals surface area contributed by atoms with E-state index in [1.807, 2.05) is 6.92 Å². The van der Waals surface area contributed by atoms with Gasteiger partial charge in [0, 0.05) is 26.3 Å². The van der Waals surface area contributed by atoms with E-state index in [1.54, 1.807) is 0 Å². The fourth-order valence-corrected chi connectivity index (χ4v) is 0.581. The molecule has 0 saturated carbocycles. The third kappa shape index (κ3) is 7.92. The SMILES string of the molecule is CC[N]CCCOCC. The smallest absolute Gasteiger partial charge is 0.0478 e. The highest BCUT2D eigenvalue weighted by molar-refractivity contribution is 4.40. The van der Waals surface area contributed by atoms with E-state index in [2.05, 4.69) is 12.2 Å². The summed E-state index contributed by atoms with van der Waals surface area (Å²) in [5.74, 6) is 0. The van der Waals surface area contributed by atoms with Crippen molar-refractivity contribution in [3.8, 4) is 0 Å². The highest BCUT2D eigenvalue weighted by Gasteiger charge is 1.84. The van der Waals surface area contributed by atoms with E-state index in [0.717, 1.165) is 32.7 Å². The van der Waals surface area contributed by atoms with E-state index in [0.29, 0.717) is 0 Å². The molecular formula is C7H16NO. The third-order valence-corrected chi connectivity index (χ3v) is 1.03. The zero-order chi connectivity index (χ0) is 6.95. The lowest BCUT2D eigenvalue weighted by atomic mass is 10.4. The van der Waals surface area contributed by atoms with Crippen LogP contribution in [-0.4, -0.2) is 26.3 Å². The average molecular weight is 130 g/mol. The van der Waals surface area contributed by atoms with Crippen molar-refractivity contribution in [2.45, 2.75) is 20.3 Å². The van der Waals surface area contributed by atoms with Crippen molar-refractivity contribution < 1.29 is 4.74 Å². The van der Waals surface area contributed by atoms with Gasteiger partial charge < -0.3 is 4.74 Å². The first-order chi connectivity index (χ1) is 4.41. The molecule has 2 heteroatoms. The number of ether oxygens (including phenoxy) is 1. The molecule has 2 nitrogen and oxygen atoms in total. The third-order valence-electron chi connectivity index (χ3n) is 1.03. The molecule has 0 aromatic carbocycles. The van der Waals surface area contributed by atoms with E-state index >= 15 is 0 Å². The van der Waals surface area contributed by atoms with E-state index in [-0.39, 0.29) is 0 Å². The Morgan fingerprint density at radius 1 is 1.33 bits per heavy atom. The van der Waals surface area contributed by atoms with Crippen molar-refractivity contribution >= 4 is 0 Å². The molecule has 0 rings (SSSR count). The molecule has 0 fully saturated rings. The van der Waals surface area contributed by atoms with Crippen LogP contribution in [-0.2, 0) is 4.74 Å². The van der Waals surface area contributed by atoms with E-state index in [1.165, 1.54) is 0 Å². The van der Waals surface area contributed by atoms with Gasteiger partial charge in [-0.25, -0.2) is 5.32 Å². The lowest BCUT2D eigenvalue weighted by Gasteiger charge is -1.98. The number of nitrogens with zero attached hydrogens (tertiary/aromatic N) is 1. The first-order valence-corrected chi connectivity index (χ1v) is 3.62. The Kier molecular flexibility index (Phi) is 7.85. The van der Waals surface area contributed by atoms with Gasteiger partial charge in [0.15, 0.2) is 0 Å². The summed E-state index contributed by atoms with van der Waals surface area (Å²) in [6.45, 7) is 7.65. The Labute approximate surface area is 57.6 Å². The molecule has 0 N–H and O–H groups in total. The zero-order valence-corrected chi connectivity index (χ0v) is 6.39. The van der Waals surface area contributed by atoms with Gasteiger partial charge in [-0.05, 0) is 13.3 Å². The minimum atomic E-state index is 0.826. The summed E-state index contributed by atoms with van der Waals surface area (Å²) in [6.07, 6.45) is 1.07. The van der Waals surface area contributed by atoms with Gasteiger partial charge in [0.1, 0.15) is 0 Å². The molecule has 0 unspecified atom stereocenters. The summed E-state index contributed by atoms with van der Waals surface area (Å²) < 4.78 is 5.12. The second-order valence-corrected chi connectivity index (χ2v) is 1.81. The molecule has 0 aliphatic rings. The van der Waals surface area contributed by atoms with Gasteiger partial charge in [-0.15, -0.1) is 0 Å². The molecular weight excluding hydrogens is 114 g/mol. The number of hydrogen-bond donors (Lipinski definition) is 0. The maximum Gasteiger partial charge on any atom is 0.0478 e. The molecule has 0 aromatic heterocycles. The Balaban J connectivity index is 2.60. The quantitative estimate of drug-likeness (QED) is 0.493. The van der Waals surface area contributed by atoms with Crippen LogP contribution in [0.1, 0.15) is 20.3 Å². The van der Waals surface area contributed by atoms with E-state index < -0.39 is 0 Å². The molecule has 0 amide bonds. The second-order valence-electron chi connectivity index (χ2n) is 1.81. The van der Waals surface area contributed by atoms with Gasteiger partial charge in [0.05, 0.1) is 0 Å². The highest BCUT2D eigenvalue weighted by Crippen LogP contribution is 1.79. The van der Waals surface area contributed by atoms with Crippen LogP contribution < -0.4 is 5.32 Å². The van der Waals surface area contributed by atoms with Crippen LogP contribution in [0, 0.1) is 0 Å². The summed E-state index contributed by atoms with van der Waals surface area (Å²) in [4.78, 5) is 0. The summed E-state index contributed by atoms with van der Waals surface area (Å²) >= 11 is 0. The monoisotopic (exact) mass is 130 g/mol. The second kappa shape index (κ2) is 7.92. The highest BCUT2D eigenvalue weighted by atomic mass is 16.5. The number of hydrogen-bond acceptors (Lipinski definition) is 1. The van der Waals surface area contributed by atoms with Crippen LogP contribution in [0.5, 0.6) is 0 Å². The van der Waals surface area contributed by atoms with Crippen LogP contribution in [0.25, 0.3) is 0 Å². The molecule has 0 aliphatic carbocycles. The molecule has 0 saturated heterocycles. The molecule has 9 heavy (non-hydrogen) atoms. The Morgan fingerprint density at radius 2 is 2.11 bits per heavy atom. The topological polar surface area (TPSA) is 23.3 Å². The Morgan fingerprint density at radius 3 is 2.67 bits per heavy atom. The van der Waals surface area contributed by atoms with Crippen LogP contribution >= 0.6 is 0 Å². The van der Waals surface area contributed by atoms with Crippen molar-refractivity contribution in [3.05, 3.63) is 0 Å². The van der Waals surface area contributed by atoms with Gasteiger partial charge in [-0.3, -0.25) is 0 Å². The van der Waals surface area contributed by atoms with Crippen molar-refractivity contribution in [1.29, 1.82) is 0 Å². The largest absolute Gasteiger partial charge is 0.382 e. The Bertz CT molecular complexity index is 42.2. The van der Waals surface area contributed by atoms with Crippen LogP contribution in [0.3, 0.4) is 0 Å². The summed E-state index contributed by atoms with van der Waals surface area (Å²) in [6, 6.07) is 0. The van der Waals surface area contributed by atoms with Crippen LogP contribution in [0.2, 0.25) is 0 Å². The minimum absolute atomic E-state index is 0.826. The van der Waals surface area contributed by atoms with Crippen molar-refractivity contribution in [3.63, 3.8) is 0 Å². The average Bonchev–Trinajstić information content (AvgIpc) is 1.89. The van der Waals surface area contributed by atoms with Gasteiger partial charge in [-0.1, -0.05) is 6.92 Å². The van der Waals surface area contributed by atoms with Crippen molar-refractivity contribution in [1.82, 2.24) is 5.32 Å². The van der Waals surface area contributed by atoms with E-state index in [9.17, 15) is 0 Å². The number of rotatable bonds is 6. The van der Waals surface area contributed by atoms with Crippen molar-refractivity contribution in [2.75, 3.05) is 26.3 Å². The van der Waals surface area contributed by atoms with E-state index in [4.69, 9.17) is 4.74 Å². The maximum absolute atomic E-state index is 5.12. The lowest BCUT2D eigenvalue weighted by molar-refractivity contribution is 0.145. The van der Waals surface area contributed by atoms with Crippen LogP contribution in [0.15, 0.2) is 0 Å².